The van der Waals surface area contributed by atoms with Crippen LogP contribution >= 0.6 is 0 Å². The highest BCUT2D eigenvalue weighted by atomic mass is 28.3. The van der Waals surface area contributed by atoms with Crippen molar-refractivity contribution in [2.45, 2.75) is 20.0 Å². The van der Waals surface area contributed by atoms with Gasteiger partial charge < -0.3 is 4.74 Å². The minimum atomic E-state index is -0.305. The summed E-state index contributed by atoms with van der Waals surface area (Å²) in [4.78, 5) is 10.3. The molecule has 0 saturated carbocycles. The molecule has 0 aromatic heterocycles. The van der Waals surface area contributed by atoms with Crippen molar-refractivity contribution in [1.29, 1.82) is 0 Å². The summed E-state index contributed by atoms with van der Waals surface area (Å²) in [5, 5.41) is 0. The fourth-order valence-electron chi connectivity index (χ4n) is 0.399. The summed E-state index contributed by atoms with van der Waals surface area (Å²) in [7, 11) is -0.305. The zero-order chi connectivity index (χ0) is 7.28. The highest BCUT2D eigenvalue weighted by Crippen LogP contribution is 1.82. The molecule has 0 amide bonds. The summed E-state index contributed by atoms with van der Waals surface area (Å²) >= 11 is 0. The Labute approximate surface area is 57.8 Å². The first-order chi connectivity index (χ1) is 4.13. The Bertz CT molecular complexity index is 91.1. The Balaban J connectivity index is 3.01. The molecule has 0 rings (SSSR count). The molecule has 1 radical (unpaired) electrons. The maximum atomic E-state index is 10.3. The van der Waals surface area contributed by atoms with Crippen molar-refractivity contribution in [3.8, 4) is 0 Å². The van der Waals surface area contributed by atoms with E-state index in [0.29, 0.717) is 0 Å². The molecule has 0 spiro atoms. The minimum absolute atomic E-state index is 0.109. The fraction of sp³-hybridized carbons (Fsp3) is 0.833. The van der Waals surface area contributed by atoms with E-state index in [1.165, 1.54) is 6.92 Å². The van der Waals surface area contributed by atoms with Crippen molar-refractivity contribution < 1.29 is 9.53 Å². The number of ether oxygens (including phenoxy) is 1. The van der Waals surface area contributed by atoms with Gasteiger partial charge in [0.2, 0.25) is 0 Å². The Hall–Kier alpha value is -0.153. The van der Waals surface area contributed by atoms with E-state index in [4.69, 9.17) is 4.74 Å². The highest BCUT2D eigenvalue weighted by Gasteiger charge is 1.96. The van der Waals surface area contributed by atoms with Gasteiger partial charge >= 0.3 is 0 Å². The second-order valence-electron chi connectivity index (χ2n) is 2.40. The van der Waals surface area contributed by atoms with E-state index in [1.54, 1.807) is 0 Å². The predicted octanol–water partition coefficient (Wildman–Crippen LogP) is 0.886. The van der Waals surface area contributed by atoms with Gasteiger partial charge in [-0.25, -0.2) is 0 Å². The summed E-state index contributed by atoms with van der Waals surface area (Å²) in [5.41, 5.74) is 0. The number of Topliss-reactive ketones (excluding diaryl/α,β-unsaturated/α-hetero) is 1. The molecule has 0 heterocycles. The molecule has 0 atom stereocenters. The average molecular weight is 145 g/mol. The molecule has 0 fully saturated rings. The molecule has 2 nitrogen and oxygen atoms in total. The van der Waals surface area contributed by atoms with Crippen molar-refractivity contribution in [1.82, 2.24) is 0 Å². The third-order valence-corrected chi connectivity index (χ3v) is 1.48. The van der Waals surface area contributed by atoms with Crippen LogP contribution < -0.4 is 0 Å². The number of carbonyl (C=O) groups is 1. The quantitative estimate of drug-likeness (QED) is 0.549. The molecule has 0 aromatic rings. The van der Waals surface area contributed by atoms with Gasteiger partial charge in [-0.2, -0.15) is 0 Å². The van der Waals surface area contributed by atoms with Crippen LogP contribution in [-0.2, 0) is 9.53 Å². The van der Waals surface area contributed by atoms with E-state index in [1.807, 2.05) is 0 Å². The summed E-state index contributed by atoms with van der Waals surface area (Å²) in [5.74, 6) is 0.109. The first-order valence-electron chi connectivity index (χ1n) is 2.99. The van der Waals surface area contributed by atoms with Crippen LogP contribution in [0.15, 0.2) is 0 Å². The van der Waals surface area contributed by atoms with Gasteiger partial charge in [0.15, 0.2) is 5.78 Å². The Morgan fingerprint density at radius 1 is 1.56 bits per heavy atom. The van der Waals surface area contributed by atoms with Crippen molar-refractivity contribution in [3.05, 3.63) is 0 Å². The summed E-state index contributed by atoms with van der Waals surface area (Å²) in [6, 6.07) is 0. The second kappa shape index (κ2) is 4.70. The largest absolute Gasteiger partial charge is 0.377 e. The van der Waals surface area contributed by atoms with Crippen LogP contribution in [0.25, 0.3) is 0 Å². The van der Waals surface area contributed by atoms with Gasteiger partial charge in [0, 0.05) is 6.23 Å². The maximum Gasteiger partial charge on any atom is 0.155 e. The predicted molar refractivity (Wildman–Crippen MR) is 39.0 cm³/mol. The fourth-order valence-corrected chi connectivity index (χ4v) is 0.909. The number of hydrogen-bond donors (Lipinski definition) is 0. The normalized spacial score (nSPS) is 10.2. The molecule has 3 heteroatoms. The van der Waals surface area contributed by atoms with Gasteiger partial charge in [-0.3, -0.25) is 4.79 Å². The molecular formula is C6H13O2Si. The van der Waals surface area contributed by atoms with Gasteiger partial charge in [0.1, 0.15) is 6.61 Å². The zero-order valence-electron chi connectivity index (χ0n) is 6.23. The molecule has 9 heavy (non-hydrogen) atoms. The van der Waals surface area contributed by atoms with Gasteiger partial charge in [0.05, 0.1) is 8.80 Å². The van der Waals surface area contributed by atoms with Crippen LogP contribution in [-0.4, -0.2) is 27.4 Å². The van der Waals surface area contributed by atoms with Crippen LogP contribution in [0.2, 0.25) is 13.1 Å². The van der Waals surface area contributed by atoms with Crippen molar-refractivity contribution in [3.63, 3.8) is 0 Å². The molecule has 0 unspecified atom stereocenters. The third-order valence-electron chi connectivity index (χ3n) is 0.696. The lowest BCUT2D eigenvalue weighted by Crippen LogP contribution is -2.15. The Morgan fingerprint density at radius 3 is 2.44 bits per heavy atom. The first-order valence-corrected chi connectivity index (χ1v) is 5.70. The number of ketones is 1. The van der Waals surface area contributed by atoms with Gasteiger partial charge in [0.25, 0.3) is 0 Å². The van der Waals surface area contributed by atoms with Gasteiger partial charge in [-0.15, -0.1) is 0 Å². The van der Waals surface area contributed by atoms with Gasteiger partial charge in [-0.05, 0) is 6.92 Å². The minimum Gasteiger partial charge on any atom is -0.377 e. The SMILES string of the molecule is CC(=O)COC[Si](C)C. The van der Waals surface area contributed by atoms with E-state index in [0.717, 1.165) is 6.23 Å². The highest BCUT2D eigenvalue weighted by molar-refractivity contribution is 6.55. The third kappa shape index (κ3) is 7.85. The Kier molecular flexibility index (Phi) is 4.62. The average Bonchev–Trinajstić information content (AvgIpc) is 1.63. The number of carbonyl (C=O) groups excluding carboxylic acids is 1. The molecule has 0 saturated heterocycles. The van der Waals surface area contributed by atoms with Crippen molar-refractivity contribution >= 4 is 14.6 Å². The molecule has 0 aromatic carbocycles. The summed E-state index contributed by atoms with van der Waals surface area (Å²) in [6.45, 7) is 6.14. The molecular weight excluding hydrogens is 132 g/mol. The van der Waals surface area contributed by atoms with Crippen LogP contribution in [0.5, 0.6) is 0 Å². The van der Waals surface area contributed by atoms with E-state index in [9.17, 15) is 4.79 Å². The lowest BCUT2D eigenvalue weighted by Gasteiger charge is -2.01. The van der Waals surface area contributed by atoms with E-state index >= 15 is 0 Å². The molecule has 0 aliphatic carbocycles. The monoisotopic (exact) mass is 145 g/mol. The van der Waals surface area contributed by atoms with Crippen LogP contribution in [0, 0.1) is 0 Å². The van der Waals surface area contributed by atoms with Crippen LogP contribution in [0.3, 0.4) is 0 Å². The molecule has 0 bridgehead atoms. The van der Waals surface area contributed by atoms with E-state index in [2.05, 4.69) is 13.1 Å². The topological polar surface area (TPSA) is 26.3 Å². The lowest BCUT2D eigenvalue weighted by molar-refractivity contribution is -0.120. The number of rotatable bonds is 4. The first kappa shape index (κ1) is 8.85. The summed E-state index contributed by atoms with van der Waals surface area (Å²) in [6.07, 6.45) is 0.782. The van der Waals surface area contributed by atoms with E-state index < -0.39 is 0 Å². The molecule has 53 valence electrons. The van der Waals surface area contributed by atoms with Crippen LogP contribution in [0.4, 0.5) is 0 Å². The second-order valence-corrected chi connectivity index (χ2v) is 5.10. The molecule has 0 N–H and O–H groups in total. The Morgan fingerprint density at radius 2 is 2.11 bits per heavy atom. The van der Waals surface area contributed by atoms with Crippen molar-refractivity contribution in [2.24, 2.45) is 0 Å². The van der Waals surface area contributed by atoms with Gasteiger partial charge in [-0.1, -0.05) is 13.1 Å². The number of hydrogen-bond acceptors (Lipinski definition) is 2. The van der Waals surface area contributed by atoms with Crippen LogP contribution in [0.1, 0.15) is 6.92 Å². The smallest absolute Gasteiger partial charge is 0.155 e. The molecule has 0 aliphatic heterocycles. The van der Waals surface area contributed by atoms with E-state index in [-0.39, 0.29) is 21.2 Å². The lowest BCUT2D eigenvalue weighted by atomic mass is 10.5. The summed E-state index contributed by atoms with van der Waals surface area (Å²) < 4.78 is 5.05. The molecule has 0 aliphatic rings. The standard InChI is InChI=1S/C6H13O2Si/c1-6(7)4-8-5-9(2)3/h4-5H2,1-3H3. The van der Waals surface area contributed by atoms with Crippen molar-refractivity contribution in [2.75, 3.05) is 12.8 Å². The maximum absolute atomic E-state index is 10.3. The zero-order valence-corrected chi connectivity index (χ0v) is 7.23.